The Morgan fingerprint density at radius 1 is 1.25 bits per heavy atom. The summed E-state index contributed by atoms with van der Waals surface area (Å²) in [6, 6.07) is 15.1. The summed E-state index contributed by atoms with van der Waals surface area (Å²) in [6.07, 6.45) is 0. The Kier molecular flexibility index (Phi) is 4.87. The Balaban J connectivity index is 2.11. The number of nitro groups is 1. The molecule has 20 heavy (non-hydrogen) atoms. The van der Waals surface area contributed by atoms with Gasteiger partial charge in [0.15, 0.2) is 0 Å². The molecule has 2 aromatic carbocycles. The first-order chi connectivity index (χ1) is 9.58. The second kappa shape index (κ2) is 6.63. The monoisotopic (exact) mass is 334 g/mol. The second-order valence-corrected chi connectivity index (χ2v) is 5.46. The van der Waals surface area contributed by atoms with Crippen LogP contribution in [-0.2, 0) is 6.54 Å². The normalized spacial score (nSPS) is 12.1. The Morgan fingerprint density at radius 2 is 1.95 bits per heavy atom. The maximum atomic E-state index is 11.0. The summed E-state index contributed by atoms with van der Waals surface area (Å²) in [7, 11) is 0. The van der Waals surface area contributed by atoms with Crippen LogP contribution in [-0.4, -0.2) is 4.92 Å². The highest BCUT2D eigenvalue weighted by Gasteiger charge is 2.14. The average Bonchev–Trinajstić information content (AvgIpc) is 2.45. The minimum Gasteiger partial charge on any atom is -0.306 e. The van der Waals surface area contributed by atoms with E-state index in [4.69, 9.17) is 0 Å². The molecular formula is C15H15BrN2O2. The van der Waals surface area contributed by atoms with E-state index >= 15 is 0 Å². The van der Waals surface area contributed by atoms with Gasteiger partial charge in [0.1, 0.15) is 0 Å². The van der Waals surface area contributed by atoms with E-state index in [0.29, 0.717) is 12.1 Å². The average molecular weight is 335 g/mol. The summed E-state index contributed by atoms with van der Waals surface area (Å²) in [6.45, 7) is 2.49. The first-order valence-electron chi connectivity index (χ1n) is 6.29. The summed E-state index contributed by atoms with van der Waals surface area (Å²) in [5.74, 6) is 0. The van der Waals surface area contributed by atoms with Crippen molar-refractivity contribution in [3.05, 3.63) is 74.2 Å². The lowest BCUT2D eigenvalue weighted by Gasteiger charge is -2.14. The van der Waals surface area contributed by atoms with Gasteiger partial charge in [0.2, 0.25) is 0 Å². The number of nitrogens with zero attached hydrogens (tertiary/aromatic N) is 1. The van der Waals surface area contributed by atoms with Gasteiger partial charge >= 0.3 is 0 Å². The smallest absolute Gasteiger partial charge is 0.273 e. The molecule has 0 aliphatic carbocycles. The fraction of sp³-hybridized carbons (Fsp3) is 0.200. The first-order valence-corrected chi connectivity index (χ1v) is 7.08. The molecule has 0 aliphatic rings. The van der Waals surface area contributed by atoms with E-state index in [1.165, 1.54) is 6.07 Å². The van der Waals surface area contributed by atoms with Crippen molar-refractivity contribution in [1.29, 1.82) is 0 Å². The Labute approximate surface area is 126 Å². The number of rotatable bonds is 5. The van der Waals surface area contributed by atoms with Crippen LogP contribution in [0.1, 0.15) is 24.1 Å². The molecule has 0 heterocycles. The Hall–Kier alpha value is -1.72. The molecule has 0 unspecified atom stereocenters. The second-order valence-electron chi connectivity index (χ2n) is 4.54. The van der Waals surface area contributed by atoms with Crippen molar-refractivity contribution in [2.75, 3.05) is 0 Å². The summed E-state index contributed by atoms with van der Waals surface area (Å²) in [5.41, 5.74) is 1.97. The fourth-order valence-corrected chi connectivity index (χ4v) is 2.40. The summed E-state index contributed by atoms with van der Waals surface area (Å²) in [5, 5.41) is 14.3. The topological polar surface area (TPSA) is 55.2 Å². The van der Waals surface area contributed by atoms with Gasteiger partial charge in [-0.3, -0.25) is 10.1 Å². The summed E-state index contributed by atoms with van der Waals surface area (Å²) in [4.78, 5) is 10.7. The first kappa shape index (κ1) is 14.7. The SMILES string of the molecule is C[C@H](NCc1cc(Br)ccc1[N+](=O)[O-])c1ccccc1. The molecule has 0 amide bonds. The maximum Gasteiger partial charge on any atom is 0.273 e. The summed E-state index contributed by atoms with van der Waals surface area (Å²) >= 11 is 3.35. The molecule has 0 saturated heterocycles. The van der Waals surface area contributed by atoms with Crippen LogP contribution in [0.5, 0.6) is 0 Å². The van der Waals surface area contributed by atoms with E-state index in [-0.39, 0.29) is 16.7 Å². The molecule has 1 atom stereocenters. The third-order valence-electron chi connectivity index (χ3n) is 3.14. The molecule has 2 rings (SSSR count). The molecule has 0 aromatic heterocycles. The molecule has 0 spiro atoms. The van der Waals surface area contributed by atoms with Crippen LogP contribution in [0.25, 0.3) is 0 Å². The number of nitro benzene ring substituents is 1. The maximum absolute atomic E-state index is 11.0. The number of benzene rings is 2. The predicted molar refractivity (Wildman–Crippen MR) is 82.5 cm³/mol. The van der Waals surface area contributed by atoms with Crippen molar-refractivity contribution in [3.63, 3.8) is 0 Å². The van der Waals surface area contributed by atoms with Gasteiger partial charge in [0.05, 0.1) is 4.92 Å². The van der Waals surface area contributed by atoms with E-state index in [0.717, 1.165) is 10.0 Å². The molecule has 4 nitrogen and oxygen atoms in total. The molecule has 0 bridgehead atoms. The number of hydrogen-bond acceptors (Lipinski definition) is 3. The third-order valence-corrected chi connectivity index (χ3v) is 3.63. The van der Waals surface area contributed by atoms with Crippen molar-refractivity contribution < 1.29 is 4.92 Å². The lowest BCUT2D eigenvalue weighted by Crippen LogP contribution is -2.18. The Morgan fingerprint density at radius 3 is 2.60 bits per heavy atom. The van der Waals surface area contributed by atoms with Crippen molar-refractivity contribution in [2.24, 2.45) is 0 Å². The van der Waals surface area contributed by atoms with Crippen LogP contribution in [0.3, 0.4) is 0 Å². The molecular weight excluding hydrogens is 320 g/mol. The third kappa shape index (κ3) is 3.65. The van der Waals surface area contributed by atoms with Gasteiger partial charge in [-0.05, 0) is 24.6 Å². The molecule has 5 heteroatoms. The molecule has 2 aromatic rings. The lowest BCUT2D eigenvalue weighted by atomic mass is 10.1. The van der Waals surface area contributed by atoms with Gasteiger partial charge in [-0.1, -0.05) is 46.3 Å². The zero-order valence-electron chi connectivity index (χ0n) is 11.0. The zero-order valence-corrected chi connectivity index (χ0v) is 12.6. The van der Waals surface area contributed by atoms with E-state index in [2.05, 4.69) is 21.2 Å². The molecule has 0 saturated carbocycles. The fourth-order valence-electron chi connectivity index (χ4n) is 2.00. The highest BCUT2D eigenvalue weighted by Crippen LogP contribution is 2.23. The van der Waals surface area contributed by atoms with Crippen LogP contribution >= 0.6 is 15.9 Å². The van der Waals surface area contributed by atoms with Gasteiger partial charge < -0.3 is 5.32 Å². The largest absolute Gasteiger partial charge is 0.306 e. The molecule has 0 radical (unpaired) electrons. The van der Waals surface area contributed by atoms with Crippen LogP contribution in [0.15, 0.2) is 53.0 Å². The molecule has 104 valence electrons. The number of hydrogen-bond donors (Lipinski definition) is 1. The molecule has 0 fully saturated rings. The van der Waals surface area contributed by atoms with E-state index in [1.54, 1.807) is 12.1 Å². The van der Waals surface area contributed by atoms with Gasteiger partial charge in [-0.15, -0.1) is 0 Å². The van der Waals surface area contributed by atoms with Gasteiger partial charge in [-0.25, -0.2) is 0 Å². The minimum atomic E-state index is -0.351. The van der Waals surface area contributed by atoms with Gasteiger partial charge in [0.25, 0.3) is 5.69 Å². The van der Waals surface area contributed by atoms with Crippen LogP contribution in [0.4, 0.5) is 5.69 Å². The lowest BCUT2D eigenvalue weighted by molar-refractivity contribution is -0.385. The minimum absolute atomic E-state index is 0.134. The van der Waals surface area contributed by atoms with Gasteiger partial charge in [0, 0.05) is 28.7 Å². The van der Waals surface area contributed by atoms with Gasteiger partial charge in [-0.2, -0.15) is 0 Å². The van der Waals surface area contributed by atoms with Crippen LogP contribution in [0.2, 0.25) is 0 Å². The van der Waals surface area contributed by atoms with Crippen molar-refractivity contribution in [1.82, 2.24) is 5.32 Å². The molecule has 0 aliphatic heterocycles. The van der Waals surface area contributed by atoms with E-state index < -0.39 is 0 Å². The number of halogens is 1. The summed E-state index contributed by atoms with van der Waals surface area (Å²) < 4.78 is 0.840. The standard InChI is InChI=1S/C15H15BrN2O2/c1-11(12-5-3-2-4-6-12)17-10-13-9-14(16)7-8-15(13)18(19)20/h2-9,11,17H,10H2,1H3/t11-/m0/s1. The Bertz CT molecular complexity index is 602. The van der Waals surface area contributed by atoms with Crippen molar-refractivity contribution in [2.45, 2.75) is 19.5 Å². The highest BCUT2D eigenvalue weighted by molar-refractivity contribution is 9.10. The quantitative estimate of drug-likeness (QED) is 0.658. The van der Waals surface area contributed by atoms with E-state index in [9.17, 15) is 10.1 Å². The van der Waals surface area contributed by atoms with Crippen molar-refractivity contribution >= 4 is 21.6 Å². The number of nitrogens with one attached hydrogen (secondary N) is 1. The van der Waals surface area contributed by atoms with Crippen LogP contribution < -0.4 is 5.32 Å². The molecule has 1 N–H and O–H groups in total. The van der Waals surface area contributed by atoms with Crippen molar-refractivity contribution in [3.8, 4) is 0 Å². The zero-order chi connectivity index (χ0) is 14.5. The predicted octanol–water partition coefficient (Wildman–Crippen LogP) is 4.21. The van der Waals surface area contributed by atoms with E-state index in [1.807, 2.05) is 37.3 Å². The van der Waals surface area contributed by atoms with Crippen LogP contribution in [0, 0.1) is 10.1 Å². The highest BCUT2D eigenvalue weighted by atomic mass is 79.9.